The summed E-state index contributed by atoms with van der Waals surface area (Å²) < 4.78 is 0. The number of aryl methyl sites for hydroxylation is 1. The van der Waals surface area contributed by atoms with E-state index in [1.165, 1.54) is 16.6 Å². The molecular weight excluding hydrogens is 162 g/mol. The highest BCUT2D eigenvalue weighted by Gasteiger charge is 1.99. The molecule has 1 aromatic heterocycles. The van der Waals surface area contributed by atoms with Crippen molar-refractivity contribution in [1.82, 2.24) is 15.0 Å². The first-order valence-corrected chi connectivity index (χ1v) is 4.15. The Morgan fingerprint density at radius 1 is 1.82 bits per heavy atom. The second kappa shape index (κ2) is 3.52. The summed E-state index contributed by atoms with van der Waals surface area (Å²) in [6.07, 6.45) is 1.66. The maximum absolute atomic E-state index is 10.5. The normalized spacial score (nSPS) is 10.0. The summed E-state index contributed by atoms with van der Waals surface area (Å²) in [4.78, 5) is 12.0. The maximum atomic E-state index is 10.5. The van der Waals surface area contributed by atoms with Crippen LogP contribution in [0, 0.1) is 0 Å². The van der Waals surface area contributed by atoms with Crippen molar-refractivity contribution in [1.29, 1.82) is 0 Å². The zero-order chi connectivity index (χ0) is 8.27. The molecule has 0 aliphatic rings. The van der Waals surface area contributed by atoms with Crippen molar-refractivity contribution in [2.45, 2.75) is 12.7 Å². The lowest BCUT2D eigenvalue weighted by Crippen LogP contribution is -1.93. The van der Waals surface area contributed by atoms with E-state index in [4.69, 9.17) is 0 Å². The summed E-state index contributed by atoms with van der Waals surface area (Å²) in [6, 6.07) is 0. The fourth-order valence-electron chi connectivity index (χ4n) is 0.629. The van der Waals surface area contributed by atoms with E-state index in [1.807, 2.05) is 0 Å². The zero-order valence-electron chi connectivity index (χ0n) is 6.44. The number of carbonyl (C=O) groups is 1. The predicted octanol–water partition coefficient (Wildman–Crippen LogP) is 0.595. The SMILES string of the molecule is CC(=O)SCc1cnn(C)n1. The molecule has 0 fully saturated rings. The maximum Gasteiger partial charge on any atom is 0.186 e. The Kier molecular flexibility index (Phi) is 2.64. The third-order valence-corrected chi connectivity index (χ3v) is 1.92. The van der Waals surface area contributed by atoms with Gasteiger partial charge < -0.3 is 0 Å². The molecule has 0 aliphatic carbocycles. The van der Waals surface area contributed by atoms with Gasteiger partial charge in [0.15, 0.2) is 5.12 Å². The van der Waals surface area contributed by atoms with Gasteiger partial charge in [0.1, 0.15) is 0 Å². The molecule has 1 rings (SSSR count). The van der Waals surface area contributed by atoms with Crippen molar-refractivity contribution >= 4 is 16.9 Å². The molecule has 4 nitrogen and oxygen atoms in total. The molecule has 0 atom stereocenters. The Morgan fingerprint density at radius 3 is 3.00 bits per heavy atom. The Bertz CT molecular complexity index is 258. The van der Waals surface area contributed by atoms with E-state index in [9.17, 15) is 4.79 Å². The molecule has 1 aromatic rings. The molecule has 5 heteroatoms. The quantitative estimate of drug-likeness (QED) is 0.653. The number of aromatic nitrogens is 3. The molecule has 0 aliphatic heterocycles. The number of carbonyl (C=O) groups excluding carboxylic acids is 1. The van der Waals surface area contributed by atoms with Gasteiger partial charge in [-0.05, 0) is 0 Å². The molecule has 0 bridgehead atoms. The summed E-state index contributed by atoms with van der Waals surface area (Å²) in [5.41, 5.74) is 0.840. The molecule has 11 heavy (non-hydrogen) atoms. The standard InChI is InChI=1S/C6H9N3OS/c1-5(10)11-4-6-3-7-9(2)8-6/h3H,4H2,1-2H3. The van der Waals surface area contributed by atoms with Crippen LogP contribution in [0.2, 0.25) is 0 Å². The van der Waals surface area contributed by atoms with E-state index in [0.29, 0.717) is 5.75 Å². The molecular formula is C6H9N3OS. The van der Waals surface area contributed by atoms with E-state index in [1.54, 1.807) is 20.2 Å². The first-order valence-electron chi connectivity index (χ1n) is 3.17. The molecule has 0 unspecified atom stereocenters. The van der Waals surface area contributed by atoms with Gasteiger partial charge in [0.2, 0.25) is 0 Å². The van der Waals surface area contributed by atoms with Gasteiger partial charge in [0, 0.05) is 19.7 Å². The lowest BCUT2D eigenvalue weighted by molar-refractivity contribution is -0.109. The molecule has 0 radical (unpaired) electrons. The smallest absolute Gasteiger partial charge is 0.186 e. The fourth-order valence-corrected chi connectivity index (χ4v) is 1.11. The number of thioether (sulfide) groups is 1. The third-order valence-electron chi connectivity index (χ3n) is 1.07. The van der Waals surface area contributed by atoms with Gasteiger partial charge >= 0.3 is 0 Å². The Hall–Kier alpha value is -0.840. The first-order chi connectivity index (χ1) is 5.18. The number of rotatable bonds is 2. The van der Waals surface area contributed by atoms with Crippen LogP contribution in [0.15, 0.2) is 6.20 Å². The minimum absolute atomic E-state index is 0.107. The van der Waals surface area contributed by atoms with Crippen LogP contribution in [0.5, 0.6) is 0 Å². The summed E-state index contributed by atoms with van der Waals surface area (Å²) in [5, 5.41) is 8.00. The summed E-state index contributed by atoms with van der Waals surface area (Å²) >= 11 is 1.24. The van der Waals surface area contributed by atoms with Crippen molar-refractivity contribution in [2.24, 2.45) is 7.05 Å². The van der Waals surface area contributed by atoms with Crippen LogP contribution in [0.3, 0.4) is 0 Å². The molecule has 60 valence electrons. The van der Waals surface area contributed by atoms with Crippen molar-refractivity contribution in [3.8, 4) is 0 Å². The van der Waals surface area contributed by atoms with Crippen LogP contribution in [-0.2, 0) is 17.6 Å². The van der Waals surface area contributed by atoms with Crippen LogP contribution >= 0.6 is 11.8 Å². The minimum atomic E-state index is 0.107. The molecule has 0 saturated carbocycles. The predicted molar refractivity (Wildman–Crippen MR) is 43.0 cm³/mol. The molecule has 1 heterocycles. The monoisotopic (exact) mass is 171 g/mol. The summed E-state index contributed by atoms with van der Waals surface area (Å²) in [6.45, 7) is 1.54. The number of hydrogen-bond acceptors (Lipinski definition) is 4. The van der Waals surface area contributed by atoms with Gasteiger partial charge in [-0.15, -0.1) is 0 Å². The number of nitrogens with zero attached hydrogens (tertiary/aromatic N) is 3. The largest absolute Gasteiger partial charge is 0.288 e. The second-order valence-corrected chi connectivity index (χ2v) is 3.26. The topological polar surface area (TPSA) is 47.8 Å². The lowest BCUT2D eigenvalue weighted by atomic mass is 10.6. The summed E-state index contributed by atoms with van der Waals surface area (Å²) in [5.74, 6) is 0.614. The third kappa shape index (κ3) is 2.71. The van der Waals surface area contributed by atoms with Crippen LogP contribution in [-0.4, -0.2) is 20.1 Å². The van der Waals surface area contributed by atoms with Crippen LogP contribution in [0.1, 0.15) is 12.6 Å². The Labute approximate surface area is 69.0 Å². The van der Waals surface area contributed by atoms with Gasteiger partial charge in [-0.25, -0.2) is 0 Å². The van der Waals surface area contributed by atoms with Gasteiger partial charge in [0.05, 0.1) is 11.9 Å². The minimum Gasteiger partial charge on any atom is -0.288 e. The molecule has 0 saturated heterocycles. The summed E-state index contributed by atoms with van der Waals surface area (Å²) in [7, 11) is 1.75. The van der Waals surface area contributed by atoms with Gasteiger partial charge in [0.25, 0.3) is 0 Å². The van der Waals surface area contributed by atoms with E-state index in [2.05, 4.69) is 10.2 Å². The van der Waals surface area contributed by atoms with Crippen LogP contribution in [0.25, 0.3) is 0 Å². The van der Waals surface area contributed by atoms with Crippen molar-refractivity contribution < 1.29 is 4.79 Å². The first kappa shape index (κ1) is 8.26. The second-order valence-electron chi connectivity index (χ2n) is 2.11. The number of hydrogen-bond donors (Lipinski definition) is 0. The van der Waals surface area contributed by atoms with E-state index in [0.717, 1.165) is 5.69 Å². The van der Waals surface area contributed by atoms with Gasteiger partial charge in [-0.3, -0.25) is 4.79 Å². The highest BCUT2D eigenvalue weighted by atomic mass is 32.2. The Morgan fingerprint density at radius 2 is 2.55 bits per heavy atom. The van der Waals surface area contributed by atoms with Crippen molar-refractivity contribution in [2.75, 3.05) is 0 Å². The molecule has 0 amide bonds. The molecule has 0 spiro atoms. The van der Waals surface area contributed by atoms with Gasteiger partial charge in [-0.1, -0.05) is 11.8 Å². The van der Waals surface area contributed by atoms with E-state index < -0.39 is 0 Å². The molecule has 0 N–H and O–H groups in total. The average molecular weight is 171 g/mol. The van der Waals surface area contributed by atoms with Crippen LogP contribution < -0.4 is 0 Å². The van der Waals surface area contributed by atoms with E-state index >= 15 is 0 Å². The highest BCUT2D eigenvalue weighted by Crippen LogP contribution is 2.08. The van der Waals surface area contributed by atoms with E-state index in [-0.39, 0.29) is 5.12 Å². The zero-order valence-corrected chi connectivity index (χ0v) is 7.26. The van der Waals surface area contributed by atoms with Crippen molar-refractivity contribution in [3.63, 3.8) is 0 Å². The van der Waals surface area contributed by atoms with Gasteiger partial charge in [-0.2, -0.15) is 15.0 Å². The Balaban J connectivity index is 2.45. The molecule has 0 aromatic carbocycles. The lowest BCUT2D eigenvalue weighted by Gasteiger charge is -1.89. The average Bonchev–Trinajstić information content (AvgIpc) is 2.31. The fraction of sp³-hybridized carbons (Fsp3) is 0.500. The highest BCUT2D eigenvalue weighted by molar-refractivity contribution is 8.12. The van der Waals surface area contributed by atoms with Crippen LogP contribution in [0.4, 0.5) is 0 Å². The van der Waals surface area contributed by atoms with Crippen molar-refractivity contribution in [3.05, 3.63) is 11.9 Å².